The summed E-state index contributed by atoms with van der Waals surface area (Å²) in [5.74, 6) is -0.488. The van der Waals surface area contributed by atoms with Crippen LogP contribution in [-0.2, 0) is 39.0 Å². The standard InChI is InChI=1S/C32H41N3O4S/c1-6-26-15-17-29(18-16-26)35(40(5,38)39)23-31(36)34(22-28-14-10-11-25(4)19-28)30(32(37)33-21-24(2)3)20-27-12-8-7-9-13-27/h7-19,24,30H,6,20-23H2,1-5H3,(H,33,37). The van der Waals surface area contributed by atoms with Crippen LogP contribution >= 0.6 is 0 Å². The molecule has 1 atom stereocenters. The summed E-state index contributed by atoms with van der Waals surface area (Å²) in [7, 11) is -3.79. The minimum absolute atomic E-state index is 0.166. The van der Waals surface area contributed by atoms with Gasteiger partial charge < -0.3 is 10.2 Å². The summed E-state index contributed by atoms with van der Waals surface area (Å²) in [5, 5.41) is 3.00. The molecule has 3 aromatic carbocycles. The predicted octanol–water partition coefficient (Wildman–Crippen LogP) is 4.74. The third kappa shape index (κ3) is 8.95. The quantitative estimate of drug-likeness (QED) is 0.326. The zero-order chi connectivity index (χ0) is 29.3. The van der Waals surface area contributed by atoms with E-state index in [4.69, 9.17) is 0 Å². The van der Waals surface area contributed by atoms with Crippen molar-refractivity contribution in [3.8, 4) is 0 Å². The normalized spacial score (nSPS) is 12.2. The smallest absolute Gasteiger partial charge is 0.244 e. The predicted molar refractivity (Wildman–Crippen MR) is 162 cm³/mol. The highest BCUT2D eigenvalue weighted by atomic mass is 32.2. The first-order valence-corrected chi connectivity index (χ1v) is 15.6. The SMILES string of the molecule is CCc1ccc(N(CC(=O)N(Cc2cccc(C)c2)C(Cc2ccccc2)C(=O)NCC(C)C)S(C)(=O)=O)cc1. The molecule has 0 fully saturated rings. The van der Waals surface area contributed by atoms with E-state index in [1.54, 1.807) is 12.1 Å². The van der Waals surface area contributed by atoms with Gasteiger partial charge in [-0.15, -0.1) is 0 Å². The van der Waals surface area contributed by atoms with E-state index in [2.05, 4.69) is 5.32 Å². The van der Waals surface area contributed by atoms with Crippen LogP contribution in [0.2, 0.25) is 0 Å². The number of benzene rings is 3. The van der Waals surface area contributed by atoms with Crippen LogP contribution in [0, 0.1) is 12.8 Å². The van der Waals surface area contributed by atoms with E-state index in [1.165, 1.54) is 4.90 Å². The molecule has 0 spiro atoms. The van der Waals surface area contributed by atoms with Crippen molar-refractivity contribution < 1.29 is 18.0 Å². The van der Waals surface area contributed by atoms with Gasteiger partial charge in [-0.3, -0.25) is 13.9 Å². The van der Waals surface area contributed by atoms with Gasteiger partial charge in [0.2, 0.25) is 21.8 Å². The highest BCUT2D eigenvalue weighted by Crippen LogP contribution is 2.21. The van der Waals surface area contributed by atoms with Crippen molar-refractivity contribution >= 4 is 27.5 Å². The third-order valence-corrected chi connectivity index (χ3v) is 7.84. The molecule has 214 valence electrons. The average molecular weight is 564 g/mol. The van der Waals surface area contributed by atoms with Gasteiger partial charge >= 0.3 is 0 Å². The lowest BCUT2D eigenvalue weighted by Crippen LogP contribution is -2.53. The summed E-state index contributed by atoms with van der Waals surface area (Å²) in [6, 6.07) is 23.6. The largest absolute Gasteiger partial charge is 0.354 e. The number of nitrogens with one attached hydrogen (secondary N) is 1. The fourth-order valence-electron chi connectivity index (χ4n) is 4.50. The Hall–Kier alpha value is -3.65. The Bertz CT molecular complexity index is 1370. The van der Waals surface area contributed by atoms with Crippen LogP contribution < -0.4 is 9.62 Å². The number of amides is 2. The number of carbonyl (C=O) groups is 2. The van der Waals surface area contributed by atoms with Gasteiger partial charge in [0, 0.05) is 19.5 Å². The van der Waals surface area contributed by atoms with Crippen LogP contribution in [-0.4, -0.2) is 50.5 Å². The van der Waals surface area contributed by atoms with Gasteiger partial charge in [0.15, 0.2) is 0 Å². The Kier molecular flexibility index (Phi) is 10.9. The van der Waals surface area contributed by atoms with Gasteiger partial charge in [0.25, 0.3) is 0 Å². The van der Waals surface area contributed by atoms with Crippen LogP contribution in [0.4, 0.5) is 5.69 Å². The lowest BCUT2D eigenvalue weighted by Gasteiger charge is -2.33. The maximum absolute atomic E-state index is 14.1. The first kappa shape index (κ1) is 30.9. The highest BCUT2D eigenvalue weighted by Gasteiger charge is 2.33. The zero-order valence-electron chi connectivity index (χ0n) is 24.1. The number of hydrogen-bond donors (Lipinski definition) is 1. The second kappa shape index (κ2) is 14.1. The van der Waals surface area contributed by atoms with Crippen molar-refractivity contribution in [1.29, 1.82) is 0 Å². The minimum Gasteiger partial charge on any atom is -0.354 e. The molecule has 0 bridgehead atoms. The molecule has 3 rings (SSSR count). The molecule has 0 aliphatic rings. The lowest BCUT2D eigenvalue weighted by molar-refractivity contribution is -0.140. The van der Waals surface area contributed by atoms with E-state index in [0.29, 0.717) is 18.7 Å². The van der Waals surface area contributed by atoms with Crippen LogP contribution in [0.5, 0.6) is 0 Å². The number of nitrogens with zero attached hydrogens (tertiary/aromatic N) is 2. The van der Waals surface area contributed by atoms with Gasteiger partial charge in [-0.2, -0.15) is 0 Å². The molecule has 1 unspecified atom stereocenters. The van der Waals surface area contributed by atoms with Gasteiger partial charge in [0.1, 0.15) is 12.6 Å². The van der Waals surface area contributed by atoms with E-state index in [-0.39, 0.29) is 18.4 Å². The Labute approximate surface area is 239 Å². The van der Waals surface area contributed by atoms with E-state index in [9.17, 15) is 18.0 Å². The highest BCUT2D eigenvalue weighted by molar-refractivity contribution is 7.92. The van der Waals surface area contributed by atoms with Gasteiger partial charge in [-0.05, 0) is 48.1 Å². The maximum Gasteiger partial charge on any atom is 0.244 e. The number of hydrogen-bond acceptors (Lipinski definition) is 4. The number of sulfonamides is 1. The molecule has 0 aliphatic heterocycles. The molecule has 8 heteroatoms. The van der Waals surface area contributed by atoms with E-state index in [1.807, 2.05) is 94.4 Å². The summed E-state index contributed by atoms with van der Waals surface area (Å²) >= 11 is 0. The van der Waals surface area contributed by atoms with Crippen LogP contribution in [0.25, 0.3) is 0 Å². The molecule has 0 radical (unpaired) electrons. The number of carbonyl (C=O) groups excluding carboxylic acids is 2. The molecule has 0 aromatic heterocycles. The summed E-state index contributed by atoms with van der Waals surface area (Å²) in [6.45, 7) is 8.23. The average Bonchev–Trinajstić information content (AvgIpc) is 2.92. The molecule has 40 heavy (non-hydrogen) atoms. The number of anilines is 1. The Balaban J connectivity index is 2.03. The van der Waals surface area contributed by atoms with Gasteiger partial charge in [-0.1, -0.05) is 93.1 Å². The second-order valence-electron chi connectivity index (χ2n) is 10.6. The van der Waals surface area contributed by atoms with Crippen molar-refractivity contribution in [2.45, 2.75) is 53.1 Å². The Morgan fingerprint density at radius 3 is 2.10 bits per heavy atom. The molecule has 2 amide bonds. The van der Waals surface area contributed by atoms with Crippen molar-refractivity contribution in [3.63, 3.8) is 0 Å². The molecule has 0 saturated carbocycles. The van der Waals surface area contributed by atoms with Crippen LogP contribution in [0.15, 0.2) is 78.9 Å². The number of rotatable bonds is 13. The molecule has 0 heterocycles. The molecule has 7 nitrogen and oxygen atoms in total. The fourth-order valence-corrected chi connectivity index (χ4v) is 5.34. The second-order valence-corrected chi connectivity index (χ2v) is 12.6. The van der Waals surface area contributed by atoms with Crippen molar-refractivity contribution in [3.05, 3.63) is 101 Å². The van der Waals surface area contributed by atoms with Crippen LogP contribution in [0.1, 0.15) is 43.0 Å². The minimum atomic E-state index is -3.79. The zero-order valence-corrected chi connectivity index (χ0v) is 24.9. The number of aryl methyl sites for hydroxylation is 2. The van der Waals surface area contributed by atoms with Gasteiger partial charge in [0.05, 0.1) is 11.9 Å². The molecule has 3 aromatic rings. The maximum atomic E-state index is 14.1. The monoisotopic (exact) mass is 563 g/mol. The summed E-state index contributed by atoms with van der Waals surface area (Å²) in [5.41, 5.74) is 4.27. The van der Waals surface area contributed by atoms with Gasteiger partial charge in [-0.25, -0.2) is 8.42 Å². The van der Waals surface area contributed by atoms with Crippen LogP contribution in [0.3, 0.4) is 0 Å². The molecule has 0 aliphatic carbocycles. The molecule has 0 saturated heterocycles. The molecular weight excluding hydrogens is 522 g/mol. The van der Waals surface area contributed by atoms with E-state index < -0.39 is 28.5 Å². The molecule has 1 N–H and O–H groups in total. The Morgan fingerprint density at radius 2 is 1.52 bits per heavy atom. The first-order valence-electron chi connectivity index (χ1n) is 13.7. The lowest BCUT2D eigenvalue weighted by atomic mass is 10.0. The summed E-state index contributed by atoms with van der Waals surface area (Å²) < 4.78 is 26.9. The van der Waals surface area contributed by atoms with Crippen molar-refractivity contribution in [2.75, 3.05) is 23.7 Å². The Morgan fingerprint density at radius 1 is 0.875 bits per heavy atom. The first-order chi connectivity index (χ1) is 19.0. The fraction of sp³-hybridized carbons (Fsp3) is 0.375. The topological polar surface area (TPSA) is 86.8 Å². The van der Waals surface area contributed by atoms with E-state index >= 15 is 0 Å². The van der Waals surface area contributed by atoms with E-state index in [0.717, 1.165) is 39.2 Å². The van der Waals surface area contributed by atoms with Crippen molar-refractivity contribution in [1.82, 2.24) is 10.2 Å². The summed E-state index contributed by atoms with van der Waals surface area (Å²) in [4.78, 5) is 29.3. The molecular formula is C32H41N3O4S. The summed E-state index contributed by atoms with van der Waals surface area (Å²) in [6.07, 6.45) is 2.21. The third-order valence-electron chi connectivity index (χ3n) is 6.70. The van der Waals surface area contributed by atoms with Crippen molar-refractivity contribution in [2.24, 2.45) is 5.92 Å².